The molecule has 1 saturated carbocycles. The number of sulfonamides is 1. The van der Waals surface area contributed by atoms with Gasteiger partial charge in [-0.05, 0) is 25.0 Å². The highest BCUT2D eigenvalue weighted by Crippen LogP contribution is 2.29. The lowest BCUT2D eigenvalue weighted by molar-refractivity contribution is 0.426. The maximum atomic E-state index is 11.6. The van der Waals surface area contributed by atoms with Gasteiger partial charge in [0.2, 0.25) is 10.0 Å². The van der Waals surface area contributed by atoms with Crippen LogP contribution in [-0.2, 0) is 10.0 Å². The van der Waals surface area contributed by atoms with Crippen molar-refractivity contribution in [1.29, 1.82) is 0 Å². The maximum absolute atomic E-state index is 11.6. The second-order valence-electron chi connectivity index (χ2n) is 4.92. The van der Waals surface area contributed by atoms with Crippen molar-refractivity contribution >= 4 is 15.7 Å². The average Bonchev–Trinajstić information content (AvgIpc) is 2.38. The Morgan fingerprint density at radius 2 is 1.78 bits per heavy atom. The first-order valence-electron chi connectivity index (χ1n) is 6.35. The van der Waals surface area contributed by atoms with Crippen molar-refractivity contribution in [2.24, 2.45) is 5.14 Å². The second-order valence-corrected chi connectivity index (χ2v) is 6.45. The van der Waals surface area contributed by atoms with Crippen LogP contribution in [0.4, 0.5) is 5.69 Å². The molecule has 1 aliphatic rings. The number of anilines is 1. The van der Waals surface area contributed by atoms with E-state index in [1.165, 1.54) is 19.3 Å². The van der Waals surface area contributed by atoms with Gasteiger partial charge in [0.1, 0.15) is 4.90 Å². The lowest BCUT2D eigenvalue weighted by Gasteiger charge is -2.33. The maximum Gasteiger partial charge on any atom is 0.240 e. The van der Waals surface area contributed by atoms with Crippen LogP contribution in [0.1, 0.15) is 32.1 Å². The molecule has 0 heterocycles. The van der Waals surface area contributed by atoms with Gasteiger partial charge in [0.15, 0.2) is 0 Å². The first-order valence-corrected chi connectivity index (χ1v) is 7.89. The van der Waals surface area contributed by atoms with Crippen LogP contribution < -0.4 is 10.0 Å². The fourth-order valence-electron chi connectivity index (χ4n) is 2.65. The zero-order chi connectivity index (χ0) is 13.2. The topological polar surface area (TPSA) is 63.4 Å². The predicted octanol–water partition coefficient (Wildman–Crippen LogP) is 2.10. The summed E-state index contributed by atoms with van der Waals surface area (Å²) < 4.78 is 23.2. The summed E-state index contributed by atoms with van der Waals surface area (Å²) in [5, 5.41) is 5.27. The number of rotatable bonds is 3. The normalized spacial score (nSPS) is 17.7. The zero-order valence-electron chi connectivity index (χ0n) is 10.7. The molecule has 2 rings (SSSR count). The Kier molecular flexibility index (Phi) is 3.92. The molecule has 0 aliphatic heterocycles. The smallest absolute Gasteiger partial charge is 0.240 e. The third-order valence-corrected chi connectivity index (χ3v) is 4.63. The van der Waals surface area contributed by atoms with E-state index >= 15 is 0 Å². The van der Waals surface area contributed by atoms with Gasteiger partial charge in [-0.15, -0.1) is 0 Å². The van der Waals surface area contributed by atoms with Gasteiger partial charge in [0.25, 0.3) is 0 Å². The summed E-state index contributed by atoms with van der Waals surface area (Å²) >= 11 is 0. The van der Waals surface area contributed by atoms with Gasteiger partial charge in [-0.1, -0.05) is 31.4 Å². The molecule has 1 fully saturated rings. The lowest BCUT2D eigenvalue weighted by atomic mass is 9.94. The Balaban J connectivity index is 2.32. The molecule has 18 heavy (non-hydrogen) atoms. The summed E-state index contributed by atoms with van der Waals surface area (Å²) in [6.45, 7) is 0. The average molecular weight is 268 g/mol. The molecule has 0 unspecified atom stereocenters. The van der Waals surface area contributed by atoms with Crippen LogP contribution in [0, 0.1) is 0 Å². The van der Waals surface area contributed by atoms with E-state index in [0.717, 1.165) is 12.8 Å². The van der Waals surface area contributed by atoms with Crippen LogP contribution in [0.3, 0.4) is 0 Å². The minimum absolute atomic E-state index is 0.220. The van der Waals surface area contributed by atoms with Crippen LogP contribution in [0.15, 0.2) is 29.2 Å². The molecule has 4 nitrogen and oxygen atoms in total. The van der Waals surface area contributed by atoms with Crippen LogP contribution in [0.2, 0.25) is 0 Å². The van der Waals surface area contributed by atoms with Gasteiger partial charge >= 0.3 is 0 Å². The van der Waals surface area contributed by atoms with E-state index < -0.39 is 10.0 Å². The first-order chi connectivity index (χ1) is 8.50. The molecular weight excluding hydrogens is 248 g/mol. The summed E-state index contributed by atoms with van der Waals surface area (Å²) in [6.07, 6.45) is 5.95. The van der Waals surface area contributed by atoms with Gasteiger partial charge in [-0.3, -0.25) is 0 Å². The zero-order valence-corrected chi connectivity index (χ0v) is 11.5. The van der Waals surface area contributed by atoms with Crippen molar-refractivity contribution in [2.75, 3.05) is 11.9 Å². The standard InChI is InChI=1S/C13H20N2O2S/c1-15(11-7-3-2-4-8-11)12-9-5-6-10-13(12)18(14,16)17/h5-6,9-11H,2-4,7-8H2,1H3,(H2,14,16,17). The molecular formula is C13H20N2O2S. The van der Waals surface area contributed by atoms with E-state index in [1.54, 1.807) is 12.1 Å². The molecule has 100 valence electrons. The van der Waals surface area contributed by atoms with E-state index in [2.05, 4.69) is 4.90 Å². The highest BCUT2D eigenvalue weighted by molar-refractivity contribution is 7.89. The predicted molar refractivity (Wildman–Crippen MR) is 73.1 cm³/mol. The highest BCUT2D eigenvalue weighted by atomic mass is 32.2. The fourth-order valence-corrected chi connectivity index (χ4v) is 3.43. The van der Waals surface area contributed by atoms with Crippen molar-refractivity contribution in [3.63, 3.8) is 0 Å². The van der Waals surface area contributed by atoms with Gasteiger partial charge in [-0.2, -0.15) is 0 Å². The lowest BCUT2D eigenvalue weighted by Crippen LogP contribution is -2.34. The summed E-state index contributed by atoms with van der Waals surface area (Å²) in [7, 11) is -1.70. The van der Waals surface area contributed by atoms with E-state index in [1.807, 2.05) is 19.2 Å². The minimum atomic E-state index is -3.66. The summed E-state index contributed by atoms with van der Waals surface area (Å²) in [6, 6.07) is 7.38. The molecule has 0 saturated heterocycles. The largest absolute Gasteiger partial charge is 0.371 e. The van der Waals surface area contributed by atoms with E-state index in [0.29, 0.717) is 11.7 Å². The van der Waals surface area contributed by atoms with Crippen LogP contribution in [0.25, 0.3) is 0 Å². The third kappa shape index (κ3) is 2.84. The number of benzene rings is 1. The number of hydrogen-bond donors (Lipinski definition) is 1. The molecule has 0 radical (unpaired) electrons. The molecule has 0 spiro atoms. The Morgan fingerprint density at radius 3 is 2.39 bits per heavy atom. The van der Waals surface area contributed by atoms with E-state index in [4.69, 9.17) is 5.14 Å². The van der Waals surface area contributed by atoms with Crippen molar-refractivity contribution in [3.8, 4) is 0 Å². The minimum Gasteiger partial charge on any atom is -0.371 e. The van der Waals surface area contributed by atoms with Crippen LogP contribution in [0.5, 0.6) is 0 Å². The van der Waals surface area contributed by atoms with Gasteiger partial charge in [-0.25, -0.2) is 13.6 Å². The number of hydrogen-bond acceptors (Lipinski definition) is 3. The molecule has 1 aliphatic carbocycles. The molecule has 1 aromatic rings. The summed E-state index contributed by atoms with van der Waals surface area (Å²) in [5.41, 5.74) is 0.715. The molecule has 0 aromatic heterocycles. The molecule has 5 heteroatoms. The number of primary sulfonamides is 1. The van der Waals surface area contributed by atoms with Crippen molar-refractivity contribution in [3.05, 3.63) is 24.3 Å². The Morgan fingerprint density at radius 1 is 1.17 bits per heavy atom. The Bertz CT molecular complexity index is 507. The fraction of sp³-hybridized carbons (Fsp3) is 0.538. The van der Waals surface area contributed by atoms with Gasteiger partial charge in [0.05, 0.1) is 5.69 Å². The SMILES string of the molecule is CN(c1ccccc1S(N)(=O)=O)C1CCCCC1. The summed E-state index contributed by atoms with van der Waals surface area (Å²) in [5.74, 6) is 0. The first kappa shape index (κ1) is 13.4. The number of nitrogens with two attached hydrogens (primary N) is 1. The Labute approximate surface area is 109 Å². The van der Waals surface area contributed by atoms with Gasteiger partial charge in [0, 0.05) is 13.1 Å². The van der Waals surface area contributed by atoms with Crippen LogP contribution >= 0.6 is 0 Å². The highest BCUT2D eigenvalue weighted by Gasteiger charge is 2.22. The monoisotopic (exact) mass is 268 g/mol. The third-order valence-electron chi connectivity index (χ3n) is 3.67. The van der Waals surface area contributed by atoms with Crippen molar-refractivity contribution < 1.29 is 8.42 Å². The van der Waals surface area contributed by atoms with Crippen LogP contribution in [-0.4, -0.2) is 21.5 Å². The summed E-state index contributed by atoms with van der Waals surface area (Å²) in [4.78, 5) is 2.29. The van der Waals surface area contributed by atoms with E-state index in [9.17, 15) is 8.42 Å². The molecule has 0 bridgehead atoms. The van der Waals surface area contributed by atoms with Crippen molar-refractivity contribution in [1.82, 2.24) is 0 Å². The van der Waals surface area contributed by atoms with E-state index in [-0.39, 0.29) is 4.90 Å². The Hall–Kier alpha value is -1.07. The van der Waals surface area contributed by atoms with Crippen molar-refractivity contribution in [2.45, 2.75) is 43.0 Å². The second kappa shape index (κ2) is 5.28. The quantitative estimate of drug-likeness (QED) is 0.913. The molecule has 0 amide bonds. The molecule has 2 N–H and O–H groups in total. The number of para-hydroxylation sites is 1. The van der Waals surface area contributed by atoms with Gasteiger partial charge < -0.3 is 4.90 Å². The molecule has 0 atom stereocenters. The number of nitrogens with zero attached hydrogens (tertiary/aromatic N) is 1. The molecule has 1 aromatic carbocycles.